The van der Waals surface area contributed by atoms with Crippen molar-refractivity contribution in [2.45, 2.75) is 20.1 Å². The van der Waals surface area contributed by atoms with Crippen LogP contribution in [0.2, 0.25) is 5.02 Å². The third kappa shape index (κ3) is 3.78. The van der Waals surface area contributed by atoms with Crippen molar-refractivity contribution in [1.82, 2.24) is 19.4 Å². The van der Waals surface area contributed by atoms with Crippen molar-refractivity contribution in [3.05, 3.63) is 64.5 Å². The summed E-state index contributed by atoms with van der Waals surface area (Å²) >= 11 is 6.14. The van der Waals surface area contributed by atoms with Gasteiger partial charge in [0.2, 0.25) is 0 Å². The Morgan fingerprint density at radius 2 is 2.00 bits per heavy atom. The van der Waals surface area contributed by atoms with E-state index in [1.165, 1.54) is 6.20 Å². The smallest absolute Gasteiger partial charge is 0.169 e. The number of carbonyl (C=O) groups excluding carboxylic acids is 1. The quantitative estimate of drug-likeness (QED) is 0.660. The molecule has 2 heterocycles. The molecule has 0 aliphatic carbocycles. The van der Waals surface area contributed by atoms with Crippen molar-refractivity contribution in [3.8, 4) is 16.8 Å². The standard InChI is InChI=1S/C20H21ClN4O2/c1-13-19(12-27)25(20(23-13)10-24(2)3)18-7-5-4-6-15(18)16-8-14(21)9-22-17(16)11-26/h4-9,11,27H,10,12H2,1-3H3. The molecule has 0 aliphatic rings. The summed E-state index contributed by atoms with van der Waals surface area (Å²) in [6.07, 6.45) is 2.17. The summed E-state index contributed by atoms with van der Waals surface area (Å²) in [4.78, 5) is 22.3. The van der Waals surface area contributed by atoms with E-state index in [4.69, 9.17) is 11.6 Å². The van der Waals surface area contributed by atoms with Gasteiger partial charge in [-0.3, -0.25) is 14.3 Å². The molecule has 3 rings (SSSR count). The molecular weight excluding hydrogens is 364 g/mol. The third-order valence-corrected chi connectivity index (χ3v) is 4.49. The number of pyridine rings is 1. The van der Waals surface area contributed by atoms with Crippen molar-refractivity contribution in [2.24, 2.45) is 0 Å². The average Bonchev–Trinajstić information content (AvgIpc) is 2.95. The number of aromatic nitrogens is 3. The number of hydrogen-bond acceptors (Lipinski definition) is 5. The highest BCUT2D eigenvalue weighted by Gasteiger charge is 2.20. The lowest BCUT2D eigenvalue weighted by Gasteiger charge is -2.18. The minimum absolute atomic E-state index is 0.144. The van der Waals surface area contributed by atoms with Crippen LogP contribution >= 0.6 is 11.6 Å². The SMILES string of the molecule is Cc1nc(CN(C)C)n(-c2ccccc2-c2cc(Cl)cnc2C=O)c1CO. The van der Waals surface area contributed by atoms with Crippen LogP contribution in [0.3, 0.4) is 0 Å². The van der Waals surface area contributed by atoms with E-state index in [1.54, 1.807) is 6.07 Å². The van der Waals surface area contributed by atoms with Gasteiger partial charge in [-0.05, 0) is 33.2 Å². The summed E-state index contributed by atoms with van der Waals surface area (Å²) in [6.45, 7) is 2.33. The van der Waals surface area contributed by atoms with Crippen LogP contribution in [0.5, 0.6) is 0 Å². The Balaban J connectivity index is 2.30. The Hall–Kier alpha value is -2.54. The Kier molecular flexibility index (Phi) is 5.70. The predicted octanol–water partition coefficient (Wildman–Crippen LogP) is 3.26. The van der Waals surface area contributed by atoms with E-state index in [1.807, 2.05) is 54.8 Å². The largest absolute Gasteiger partial charge is 0.390 e. The number of aliphatic hydroxyl groups is 1. The molecule has 6 nitrogen and oxygen atoms in total. The number of rotatable bonds is 6. The first-order valence-electron chi connectivity index (χ1n) is 8.49. The van der Waals surface area contributed by atoms with Crippen molar-refractivity contribution in [2.75, 3.05) is 14.1 Å². The second kappa shape index (κ2) is 8.00. The normalized spacial score (nSPS) is 11.2. The van der Waals surface area contributed by atoms with E-state index in [0.717, 1.165) is 29.1 Å². The monoisotopic (exact) mass is 384 g/mol. The zero-order valence-corrected chi connectivity index (χ0v) is 16.2. The summed E-state index contributed by atoms with van der Waals surface area (Å²) in [7, 11) is 3.93. The number of halogens is 1. The molecule has 1 aromatic carbocycles. The van der Waals surface area contributed by atoms with Crippen molar-refractivity contribution in [1.29, 1.82) is 0 Å². The van der Waals surface area contributed by atoms with Gasteiger partial charge in [-0.1, -0.05) is 29.8 Å². The second-order valence-electron chi connectivity index (χ2n) is 6.51. The van der Waals surface area contributed by atoms with Crippen LogP contribution in [0.15, 0.2) is 36.5 Å². The summed E-state index contributed by atoms with van der Waals surface area (Å²) in [5, 5.41) is 10.4. The molecule has 27 heavy (non-hydrogen) atoms. The topological polar surface area (TPSA) is 71.2 Å². The van der Waals surface area contributed by atoms with Crippen LogP contribution in [-0.4, -0.2) is 44.9 Å². The molecule has 0 aliphatic heterocycles. The highest BCUT2D eigenvalue weighted by Crippen LogP contribution is 2.32. The number of para-hydroxylation sites is 1. The fourth-order valence-corrected chi connectivity index (χ4v) is 3.30. The first-order chi connectivity index (χ1) is 13.0. The van der Waals surface area contributed by atoms with E-state index in [-0.39, 0.29) is 6.61 Å². The van der Waals surface area contributed by atoms with Gasteiger partial charge in [-0.15, -0.1) is 0 Å². The summed E-state index contributed by atoms with van der Waals surface area (Å²) in [5.74, 6) is 0.802. The third-order valence-electron chi connectivity index (χ3n) is 4.28. The average molecular weight is 385 g/mol. The number of benzene rings is 1. The van der Waals surface area contributed by atoms with E-state index >= 15 is 0 Å². The molecule has 7 heteroatoms. The minimum atomic E-state index is -0.144. The van der Waals surface area contributed by atoms with Crippen LogP contribution in [0, 0.1) is 6.92 Å². The zero-order chi connectivity index (χ0) is 19.6. The predicted molar refractivity (Wildman–Crippen MR) is 105 cm³/mol. The Bertz CT molecular complexity index is 982. The first-order valence-corrected chi connectivity index (χ1v) is 8.87. The van der Waals surface area contributed by atoms with Gasteiger partial charge in [0, 0.05) is 17.3 Å². The number of aliphatic hydroxyl groups excluding tert-OH is 1. The highest BCUT2D eigenvalue weighted by atomic mass is 35.5. The van der Waals surface area contributed by atoms with Gasteiger partial charge in [0.25, 0.3) is 0 Å². The van der Waals surface area contributed by atoms with Crippen molar-refractivity contribution < 1.29 is 9.90 Å². The molecule has 0 saturated heterocycles. The van der Waals surface area contributed by atoms with Gasteiger partial charge in [0.05, 0.1) is 35.2 Å². The zero-order valence-electron chi connectivity index (χ0n) is 15.5. The van der Waals surface area contributed by atoms with Gasteiger partial charge in [0.15, 0.2) is 6.29 Å². The molecule has 0 radical (unpaired) electrons. The van der Waals surface area contributed by atoms with Gasteiger partial charge >= 0.3 is 0 Å². The minimum Gasteiger partial charge on any atom is -0.390 e. The van der Waals surface area contributed by atoms with Crippen LogP contribution in [0.4, 0.5) is 0 Å². The Morgan fingerprint density at radius 1 is 1.26 bits per heavy atom. The van der Waals surface area contributed by atoms with Crippen LogP contribution in [0.1, 0.15) is 27.7 Å². The van der Waals surface area contributed by atoms with E-state index in [2.05, 4.69) is 9.97 Å². The first kappa shape index (κ1) is 19.2. The lowest BCUT2D eigenvalue weighted by atomic mass is 10.0. The number of imidazole rings is 1. The van der Waals surface area contributed by atoms with Crippen LogP contribution in [0.25, 0.3) is 16.8 Å². The maximum Gasteiger partial charge on any atom is 0.169 e. The fourth-order valence-electron chi connectivity index (χ4n) is 3.14. The van der Waals surface area contributed by atoms with Gasteiger partial charge in [-0.2, -0.15) is 0 Å². The molecule has 0 saturated carbocycles. The van der Waals surface area contributed by atoms with E-state index in [0.29, 0.717) is 28.5 Å². The maximum atomic E-state index is 11.5. The molecule has 3 aromatic rings. The van der Waals surface area contributed by atoms with Gasteiger partial charge in [-0.25, -0.2) is 4.98 Å². The molecule has 0 atom stereocenters. The molecule has 0 spiro atoms. The molecule has 1 N–H and O–H groups in total. The Morgan fingerprint density at radius 3 is 2.67 bits per heavy atom. The molecule has 0 unspecified atom stereocenters. The van der Waals surface area contributed by atoms with Gasteiger partial charge < -0.3 is 10.0 Å². The summed E-state index contributed by atoms with van der Waals surface area (Å²) in [5.41, 5.74) is 4.03. The molecule has 0 bridgehead atoms. The molecule has 0 amide bonds. The van der Waals surface area contributed by atoms with Crippen LogP contribution < -0.4 is 0 Å². The van der Waals surface area contributed by atoms with Crippen LogP contribution in [-0.2, 0) is 13.2 Å². The second-order valence-corrected chi connectivity index (χ2v) is 6.95. The molecule has 140 valence electrons. The number of aldehydes is 1. The summed E-state index contributed by atoms with van der Waals surface area (Å²) < 4.78 is 1.94. The number of nitrogens with zero attached hydrogens (tertiary/aromatic N) is 4. The summed E-state index contributed by atoms with van der Waals surface area (Å²) in [6, 6.07) is 9.37. The molecule has 0 fully saturated rings. The molecular formula is C20H21ClN4O2. The lowest BCUT2D eigenvalue weighted by Crippen LogP contribution is -2.16. The van der Waals surface area contributed by atoms with Crippen molar-refractivity contribution in [3.63, 3.8) is 0 Å². The maximum absolute atomic E-state index is 11.5. The van der Waals surface area contributed by atoms with Crippen molar-refractivity contribution >= 4 is 17.9 Å². The highest BCUT2D eigenvalue weighted by molar-refractivity contribution is 6.30. The van der Waals surface area contributed by atoms with E-state index < -0.39 is 0 Å². The number of hydrogen-bond donors (Lipinski definition) is 1. The molecule has 2 aromatic heterocycles. The van der Waals surface area contributed by atoms with E-state index in [9.17, 15) is 9.90 Å². The fraction of sp³-hybridized carbons (Fsp3) is 0.250. The Labute approximate surface area is 163 Å². The lowest BCUT2D eigenvalue weighted by molar-refractivity contribution is 0.111. The number of carbonyl (C=O) groups is 1. The van der Waals surface area contributed by atoms with Gasteiger partial charge in [0.1, 0.15) is 11.5 Å². The number of aryl methyl sites for hydroxylation is 1.